The summed E-state index contributed by atoms with van der Waals surface area (Å²) in [6.45, 7) is 4.63. The molecule has 2 aromatic rings. The highest BCUT2D eigenvalue weighted by atomic mass is 32.2. The van der Waals surface area contributed by atoms with E-state index in [0.29, 0.717) is 24.6 Å². The average molecular weight is 366 g/mol. The van der Waals surface area contributed by atoms with E-state index in [9.17, 15) is 13.2 Å². The fourth-order valence-electron chi connectivity index (χ4n) is 2.66. The highest BCUT2D eigenvalue weighted by Gasteiger charge is 2.26. The monoisotopic (exact) mass is 366 g/mol. The number of carbonyl (C=O) groups is 1. The summed E-state index contributed by atoms with van der Waals surface area (Å²) in [5.41, 5.74) is 1.27. The Bertz CT molecular complexity index is 903. The molecule has 0 unspecified atom stereocenters. The van der Waals surface area contributed by atoms with Crippen molar-refractivity contribution in [1.29, 1.82) is 0 Å². The van der Waals surface area contributed by atoms with Crippen LogP contribution in [0.25, 0.3) is 0 Å². The molecule has 24 heavy (non-hydrogen) atoms. The van der Waals surface area contributed by atoms with Gasteiger partial charge in [0.25, 0.3) is 0 Å². The Morgan fingerprint density at radius 2 is 2.12 bits per heavy atom. The second-order valence-electron chi connectivity index (χ2n) is 5.71. The fraction of sp³-hybridized carbons (Fsp3) is 0.375. The normalized spacial score (nSPS) is 14.2. The van der Waals surface area contributed by atoms with Crippen LogP contribution in [0, 0.1) is 13.8 Å². The van der Waals surface area contributed by atoms with E-state index in [1.807, 2.05) is 13.8 Å². The zero-order valence-electron chi connectivity index (χ0n) is 13.7. The first-order valence-corrected chi connectivity index (χ1v) is 10.2. The Labute approximate surface area is 145 Å². The maximum absolute atomic E-state index is 12.7. The minimum atomic E-state index is -3.35. The van der Waals surface area contributed by atoms with Gasteiger partial charge in [0, 0.05) is 11.1 Å². The zero-order chi connectivity index (χ0) is 17.5. The molecule has 0 N–H and O–H groups in total. The molecule has 128 valence electrons. The highest BCUT2D eigenvalue weighted by Crippen LogP contribution is 2.34. The standard InChI is InChI=1S/C16H18N2O4S2/c1-10-13(17-11(2)23-10)9-16(19)18-6-7-22-15-5-4-12(8-14(15)18)24(3,20)21/h4-5,8H,6-7,9H2,1-3H3. The van der Waals surface area contributed by atoms with Crippen LogP contribution in [0.15, 0.2) is 23.1 Å². The summed E-state index contributed by atoms with van der Waals surface area (Å²) in [7, 11) is -3.35. The number of benzene rings is 1. The molecule has 0 saturated carbocycles. The molecule has 0 radical (unpaired) electrons. The van der Waals surface area contributed by atoms with E-state index in [2.05, 4.69) is 4.98 Å². The van der Waals surface area contributed by atoms with Crippen molar-refractivity contribution in [3.8, 4) is 5.75 Å². The number of sulfone groups is 1. The molecular weight excluding hydrogens is 348 g/mol. The maximum Gasteiger partial charge on any atom is 0.233 e. The first kappa shape index (κ1) is 16.9. The molecule has 2 heterocycles. The van der Waals surface area contributed by atoms with Crippen LogP contribution < -0.4 is 9.64 Å². The van der Waals surface area contributed by atoms with Crippen LogP contribution in [0.2, 0.25) is 0 Å². The number of nitrogens with zero attached hydrogens (tertiary/aromatic N) is 2. The van der Waals surface area contributed by atoms with E-state index in [1.54, 1.807) is 22.3 Å². The lowest BCUT2D eigenvalue weighted by molar-refractivity contribution is -0.118. The van der Waals surface area contributed by atoms with Crippen molar-refractivity contribution < 1.29 is 17.9 Å². The molecule has 0 aliphatic carbocycles. The largest absolute Gasteiger partial charge is 0.490 e. The van der Waals surface area contributed by atoms with E-state index in [-0.39, 0.29) is 17.2 Å². The van der Waals surface area contributed by atoms with E-state index < -0.39 is 9.84 Å². The summed E-state index contributed by atoms with van der Waals surface area (Å²) in [5, 5.41) is 0.928. The van der Waals surface area contributed by atoms with Gasteiger partial charge in [0.05, 0.1) is 34.2 Å². The van der Waals surface area contributed by atoms with Crippen molar-refractivity contribution in [2.45, 2.75) is 25.2 Å². The van der Waals surface area contributed by atoms with Crippen LogP contribution in [-0.4, -0.2) is 38.7 Å². The molecule has 1 amide bonds. The molecule has 0 spiro atoms. The minimum Gasteiger partial charge on any atom is -0.490 e. The Hall–Kier alpha value is -1.93. The average Bonchev–Trinajstić information content (AvgIpc) is 2.82. The molecule has 3 rings (SSSR count). The smallest absolute Gasteiger partial charge is 0.233 e. The fourth-order valence-corrected chi connectivity index (χ4v) is 4.14. The number of ether oxygens (including phenoxy) is 1. The SMILES string of the molecule is Cc1nc(CC(=O)N2CCOc3ccc(S(C)(=O)=O)cc32)c(C)s1. The van der Waals surface area contributed by atoms with Crippen LogP contribution >= 0.6 is 11.3 Å². The van der Waals surface area contributed by atoms with Crippen molar-refractivity contribution in [2.75, 3.05) is 24.3 Å². The molecule has 0 fully saturated rings. The van der Waals surface area contributed by atoms with Crippen LogP contribution in [0.1, 0.15) is 15.6 Å². The van der Waals surface area contributed by atoms with Crippen LogP contribution in [0.4, 0.5) is 5.69 Å². The van der Waals surface area contributed by atoms with Crippen LogP contribution in [0.3, 0.4) is 0 Å². The minimum absolute atomic E-state index is 0.112. The van der Waals surface area contributed by atoms with Crippen LogP contribution in [0.5, 0.6) is 5.75 Å². The molecular formula is C16H18N2O4S2. The second-order valence-corrected chi connectivity index (χ2v) is 9.13. The van der Waals surface area contributed by atoms with Crippen molar-refractivity contribution in [3.63, 3.8) is 0 Å². The number of thiazole rings is 1. The van der Waals surface area contributed by atoms with Gasteiger partial charge < -0.3 is 9.64 Å². The summed E-state index contributed by atoms with van der Waals surface area (Å²) in [5.74, 6) is 0.409. The Kier molecular flexibility index (Phi) is 4.35. The third-order valence-corrected chi connectivity index (χ3v) is 5.88. The molecule has 8 heteroatoms. The molecule has 1 aliphatic heterocycles. The number of aryl methyl sites for hydroxylation is 2. The van der Waals surface area contributed by atoms with Gasteiger partial charge in [-0.3, -0.25) is 4.79 Å². The van der Waals surface area contributed by atoms with Crippen molar-refractivity contribution in [1.82, 2.24) is 4.98 Å². The number of amides is 1. The van der Waals surface area contributed by atoms with Gasteiger partial charge in [0.2, 0.25) is 5.91 Å². The molecule has 1 aliphatic rings. The van der Waals surface area contributed by atoms with Gasteiger partial charge in [-0.05, 0) is 32.0 Å². The summed E-state index contributed by atoms with van der Waals surface area (Å²) in [6, 6.07) is 4.60. The highest BCUT2D eigenvalue weighted by molar-refractivity contribution is 7.90. The number of aromatic nitrogens is 1. The summed E-state index contributed by atoms with van der Waals surface area (Å²) < 4.78 is 29.1. The topological polar surface area (TPSA) is 76.6 Å². The first-order chi connectivity index (χ1) is 11.3. The van der Waals surface area contributed by atoms with E-state index in [0.717, 1.165) is 21.8 Å². The zero-order valence-corrected chi connectivity index (χ0v) is 15.3. The van der Waals surface area contributed by atoms with Gasteiger partial charge in [0.15, 0.2) is 9.84 Å². The predicted molar refractivity (Wildman–Crippen MR) is 92.7 cm³/mol. The van der Waals surface area contributed by atoms with Gasteiger partial charge in [-0.1, -0.05) is 0 Å². The third-order valence-electron chi connectivity index (χ3n) is 3.84. The van der Waals surface area contributed by atoms with Gasteiger partial charge in [0.1, 0.15) is 12.4 Å². The Morgan fingerprint density at radius 1 is 1.38 bits per heavy atom. The number of hydrogen-bond acceptors (Lipinski definition) is 6. The van der Waals surface area contributed by atoms with Crippen molar-refractivity contribution in [3.05, 3.63) is 33.8 Å². The van der Waals surface area contributed by atoms with Crippen LogP contribution in [-0.2, 0) is 21.1 Å². The third kappa shape index (κ3) is 3.29. The van der Waals surface area contributed by atoms with Gasteiger partial charge in [-0.2, -0.15) is 0 Å². The quantitative estimate of drug-likeness (QED) is 0.832. The maximum atomic E-state index is 12.7. The van der Waals surface area contributed by atoms with E-state index in [4.69, 9.17) is 4.74 Å². The molecule has 6 nitrogen and oxygen atoms in total. The number of rotatable bonds is 3. The molecule has 1 aromatic heterocycles. The predicted octanol–water partition coefficient (Wildman–Crippen LogP) is 2.13. The van der Waals surface area contributed by atoms with Gasteiger partial charge >= 0.3 is 0 Å². The summed E-state index contributed by atoms with van der Waals surface area (Å²) in [6.07, 6.45) is 1.34. The second kappa shape index (κ2) is 6.18. The lowest BCUT2D eigenvalue weighted by Crippen LogP contribution is -2.39. The molecule has 0 bridgehead atoms. The molecule has 1 aromatic carbocycles. The summed E-state index contributed by atoms with van der Waals surface area (Å²) >= 11 is 1.56. The molecule has 0 atom stereocenters. The Morgan fingerprint density at radius 3 is 2.75 bits per heavy atom. The number of anilines is 1. The van der Waals surface area contributed by atoms with E-state index in [1.165, 1.54) is 12.1 Å². The number of fused-ring (bicyclic) bond motifs is 1. The Balaban J connectivity index is 1.93. The number of hydrogen-bond donors (Lipinski definition) is 0. The van der Waals surface area contributed by atoms with Gasteiger partial charge in [-0.15, -0.1) is 11.3 Å². The van der Waals surface area contributed by atoms with Crippen molar-refractivity contribution in [2.24, 2.45) is 0 Å². The lowest BCUT2D eigenvalue weighted by atomic mass is 10.2. The van der Waals surface area contributed by atoms with Crippen molar-refractivity contribution >= 4 is 32.8 Å². The number of carbonyl (C=O) groups excluding carboxylic acids is 1. The van der Waals surface area contributed by atoms with E-state index >= 15 is 0 Å². The lowest BCUT2D eigenvalue weighted by Gasteiger charge is -2.29. The first-order valence-electron chi connectivity index (χ1n) is 7.46. The van der Waals surface area contributed by atoms with Gasteiger partial charge in [-0.25, -0.2) is 13.4 Å². The summed E-state index contributed by atoms with van der Waals surface area (Å²) in [4.78, 5) is 19.9. The molecule has 0 saturated heterocycles.